The summed E-state index contributed by atoms with van der Waals surface area (Å²) in [4.78, 5) is 25.4. The van der Waals surface area contributed by atoms with Crippen molar-refractivity contribution in [3.8, 4) is 0 Å². The summed E-state index contributed by atoms with van der Waals surface area (Å²) < 4.78 is 1.89. The van der Waals surface area contributed by atoms with Gasteiger partial charge in [0.05, 0.1) is 30.9 Å². The van der Waals surface area contributed by atoms with Gasteiger partial charge in [-0.15, -0.1) is 0 Å². The molecule has 0 fully saturated rings. The summed E-state index contributed by atoms with van der Waals surface area (Å²) in [5.74, 6) is -0.756. The molecule has 1 amide bonds. The van der Waals surface area contributed by atoms with E-state index in [1.807, 2.05) is 21.7 Å². The van der Waals surface area contributed by atoms with Crippen molar-refractivity contribution in [2.75, 3.05) is 6.54 Å². The second kappa shape index (κ2) is 6.35. The average Bonchev–Trinajstić information content (AvgIpc) is 3.23. The Morgan fingerprint density at radius 1 is 1.12 bits per heavy atom. The van der Waals surface area contributed by atoms with Gasteiger partial charge < -0.3 is 10.0 Å². The van der Waals surface area contributed by atoms with Crippen molar-refractivity contribution in [1.29, 1.82) is 0 Å². The third kappa shape index (κ3) is 3.16. The number of aryl methyl sites for hydroxylation is 3. The van der Waals surface area contributed by atoms with Gasteiger partial charge in [0.15, 0.2) is 0 Å². The van der Waals surface area contributed by atoms with Gasteiger partial charge in [-0.3, -0.25) is 14.3 Å². The van der Waals surface area contributed by atoms with Crippen molar-refractivity contribution in [3.05, 3.63) is 52.3 Å². The predicted octanol–water partition coefficient (Wildman–Crippen LogP) is 2.04. The van der Waals surface area contributed by atoms with Crippen LogP contribution in [0.15, 0.2) is 24.3 Å². The smallest absolute Gasteiger partial charge is 0.303 e. The van der Waals surface area contributed by atoms with Gasteiger partial charge >= 0.3 is 5.97 Å². The van der Waals surface area contributed by atoms with Crippen LogP contribution in [0.3, 0.4) is 0 Å². The summed E-state index contributed by atoms with van der Waals surface area (Å²) in [6.45, 7) is 1.80. The first-order valence-electron chi connectivity index (χ1n) is 8.78. The van der Waals surface area contributed by atoms with Crippen molar-refractivity contribution in [2.24, 2.45) is 0 Å². The second-order valence-electron chi connectivity index (χ2n) is 6.81. The molecular formula is C19H21N3O3. The van der Waals surface area contributed by atoms with E-state index in [-0.39, 0.29) is 12.3 Å². The molecule has 0 radical (unpaired) electrons. The molecule has 1 aromatic carbocycles. The summed E-state index contributed by atoms with van der Waals surface area (Å²) in [6.07, 6.45) is 3.86. The molecule has 6 heteroatoms. The molecule has 2 heterocycles. The number of amides is 1. The highest BCUT2D eigenvalue weighted by Crippen LogP contribution is 2.24. The lowest BCUT2D eigenvalue weighted by Gasteiger charge is -2.28. The highest BCUT2D eigenvalue weighted by Gasteiger charge is 2.24. The standard InChI is InChI=1S/C19H21N3O3/c23-18(24)7-6-16-11-17-12-21(8-9-22(17)20-16)19(25)15-5-4-13-2-1-3-14(13)10-15/h4-5,10-11H,1-3,6-9,12H2,(H,23,24). The maximum absolute atomic E-state index is 12.8. The number of hydrogen-bond donors (Lipinski definition) is 1. The molecule has 1 aliphatic heterocycles. The molecule has 0 atom stereocenters. The minimum atomic E-state index is -0.820. The molecule has 0 saturated carbocycles. The maximum atomic E-state index is 12.8. The normalized spacial score (nSPS) is 15.8. The van der Waals surface area contributed by atoms with Gasteiger partial charge in [-0.1, -0.05) is 6.07 Å². The van der Waals surface area contributed by atoms with E-state index in [0.717, 1.165) is 29.8 Å². The number of aliphatic carboxylic acids is 1. The lowest BCUT2D eigenvalue weighted by molar-refractivity contribution is -0.136. The van der Waals surface area contributed by atoms with E-state index < -0.39 is 5.97 Å². The number of carbonyl (C=O) groups excluding carboxylic acids is 1. The van der Waals surface area contributed by atoms with Crippen LogP contribution in [0.4, 0.5) is 0 Å². The predicted molar refractivity (Wildman–Crippen MR) is 91.4 cm³/mol. The fourth-order valence-electron chi connectivity index (χ4n) is 3.74. The number of fused-ring (bicyclic) bond motifs is 2. The van der Waals surface area contributed by atoms with E-state index in [1.165, 1.54) is 17.5 Å². The maximum Gasteiger partial charge on any atom is 0.303 e. The van der Waals surface area contributed by atoms with Crippen molar-refractivity contribution in [2.45, 2.75) is 45.2 Å². The van der Waals surface area contributed by atoms with Crippen molar-refractivity contribution >= 4 is 11.9 Å². The number of carboxylic acids is 1. The monoisotopic (exact) mass is 339 g/mol. The van der Waals surface area contributed by atoms with Gasteiger partial charge in [-0.25, -0.2) is 0 Å². The van der Waals surface area contributed by atoms with E-state index in [4.69, 9.17) is 5.11 Å². The molecule has 2 aromatic rings. The summed E-state index contributed by atoms with van der Waals surface area (Å²) in [6, 6.07) is 8.00. The Hall–Kier alpha value is -2.63. The third-order valence-corrected chi connectivity index (χ3v) is 5.08. The van der Waals surface area contributed by atoms with E-state index in [0.29, 0.717) is 26.1 Å². The van der Waals surface area contributed by atoms with Crippen LogP contribution in [-0.2, 0) is 37.1 Å². The van der Waals surface area contributed by atoms with Gasteiger partial charge in [0, 0.05) is 18.5 Å². The topological polar surface area (TPSA) is 75.4 Å². The van der Waals surface area contributed by atoms with Crippen molar-refractivity contribution < 1.29 is 14.7 Å². The van der Waals surface area contributed by atoms with Gasteiger partial charge in [-0.05, 0) is 48.6 Å². The Balaban J connectivity index is 1.48. The molecule has 1 aromatic heterocycles. The molecule has 6 nitrogen and oxygen atoms in total. The molecule has 0 unspecified atom stereocenters. The van der Waals surface area contributed by atoms with E-state index >= 15 is 0 Å². The fraction of sp³-hybridized carbons (Fsp3) is 0.421. The Morgan fingerprint density at radius 2 is 1.96 bits per heavy atom. The number of nitrogens with zero attached hydrogens (tertiary/aromatic N) is 3. The van der Waals surface area contributed by atoms with E-state index in [2.05, 4.69) is 17.2 Å². The number of carboxylic acid groups (broad SMARTS) is 1. The second-order valence-corrected chi connectivity index (χ2v) is 6.81. The molecule has 1 aliphatic carbocycles. The zero-order valence-electron chi connectivity index (χ0n) is 14.1. The molecule has 0 bridgehead atoms. The van der Waals surface area contributed by atoms with E-state index in [9.17, 15) is 9.59 Å². The molecule has 4 rings (SSSR count). The molecule has 2 aliphatic rings. The molecule has 130 valence electrons. The number of rotatable bonds is 4. The number of hydrogen-bond acceptors (Lipinski definition) is 3. The quantitative estimate of drug-likeness (QED) is 0.925. The Bertz CT molecular complexity index is 840. The van der Waals surface area contributed by atoms with Crippen LogP contribution in [0.2, 0.25) is 0 Å². The Morgan fingerprint density at radius 3 is 2.80 bits per heavy atom. The first-order chi connectivity index (χ1) is 12.1. The molecule has 25 heavy (non-hydrogen) atoms. The number of aromatic nitrogens is 2. The summed E-state index contributed by atoms with van der Waals surface area (Å²) in [5, 5.41) is 13.2. The fourth-order valence-corrected chi connectivity index (χ4v) is 3.74. The van der Waals surface area contributed by atoms with Crippen LogP contribution >= 0.6 is 0 Å². The number of carbonyl (C=O) groups is 2. The zero-order valence-corrected chi connectivity index (χ0v) is 14.1. The first-order valence-corrected chi connectivity index (χ1v) is 8.78. The zero-order chi connectivity index (χ0) is 17.4. The van der Waals surface area contributed by atoms with Gasteiger partial charge in [-0.2, -0.15) is 5.10 Å². The van der Waals surface area contributed by atoms with Crippen LogP contribution in [0.1, 0.15) is 45.7 Å². The van der Waals surface area contributed by atoms with Crippen LogP contribution < -0.4 is 0 Å². The van der Waals surface area contributed by atoms with Crippen LogP contribution in [0.25, 0.3) is 0 Å². The minimum Gasteiger partial charge on any atom is -0.481 e. The summed E-state index contributed by atoms with van der Waals surface area (Å²) >= 11 is 0. The van der Waals surface area contributed by atoms with Gasteiger partial charge in [0.25, 0.3) is 5.91 Å². The minimum absolute atomic E-state index is 0.0641. The van der Waals surface area contributed by atoms with Crippen LogP contribution in [-0.4, -0.2) is 38.2 Å². The van der Waals surface area contributed by atoms with Crippen molar-refractivity contribution in [1.82, 2.24) is 14.7 Å². The highest BCUT2D eigenvalue weighted by atomic mass is 16.4. The van der Waals surface area contributed by atoms with Crippen LogP contribution in [0.5, 0.6) is 0 Å². The highest BCUT2D eigenvalue weighted by molar-refractivity contribution is 5.94. The lowest BCUT2D eigenvalue weighted by Crippen LogP contribution is -2.38. The van der Waals surface area contributed by atoms with Crippen LogP contribution in [0, 0.1) is 0 Å². The number of benzene rings is 1. The largest absolute Gasteiger partial charge is 0.481 e. The van der Waals surface area contributed by atoms with Gasteiger partial charge in [0.1, 0.15) is 0 Å². The first kappa shape index (κ1) is 15.9. The molecule has 0 spiro atoms. The molecule has 0 saturated heterocycles. The third-order valence-electron chi connectivity index (χ3n) is 5.08. The Labute approximate surface area is 146 Å². The Kier molecular flexibility index (Phi) is 4.03. The molecular weight excluding hydrogens is 318 g/mol. The summed E-state index contributed by atoms with van der Waals surface area (Å²) in [7, 11) is 0. The SMILES string of the molecule is O=C(O)CCc1cc2n(n1)CCN(C(=O)c1ccc3c(c1)CCC3)C2. The van der Waals surface area contributed by atoms with E-state index in [1.54, 1.807) is 0 Å². The average molecular weight is 339 g/mol. The summed E-state index contributed by atoms with van der Waals surface area (Å²) in [5.41, 5.74) is 5.20. The van der Waals surface area contributed by atoms with Crippen molar-refractivity contribution in [3.63, 3.8) is 0 Å². The lowest BCUT2D eigenvalue weighted by atomic mass is 10.1. The molecule has 1 N–H and O–H groups in total. The van der Waals surface area contributed by atoms with Gasteiger partial charge in [0.2, 0.25) is 0 Å².